The molecule has 1 aromatic heterocycles. The first-order chi connectivity index (χ1) is 11.3. The fourth-order valence-corrected chi connectivity index (χ4v) is 1.81. The van der Waals surface area contributed by atoms with Crippen molar-refractivity contribution < 1.29 is 37.8 Å². The number of alkyl halides is 3. The number of pyridine rings is 1. The molecule has 0 saturated carbocycles. The third-order valence-electron chi connectivity index (χ3n) is 2.77. The van der Waals surface area contributed by atoms with E-state index in [2.05, 4.69) is 20.9 Å². The number of nitrogens with one attached hydrogen (secondary N) is 1. The van der Waals surface area contributed by atoms with Crippen molar-refractivity contribution in [2.75, 3.05) is 6.54 Å². The molecular weight excluding hydrogens is 417 g/mol. The topological polar surface area (TPSA) is 128 Å². The Labute approximate surface area is 147 Å². The smallest absolute Gasteiger partial charge is 0.480 e. The Morgan fingerprint density at radius 3 is 2.08 bits per heavy atom. The van der Waals surface area contributed by atoms with E-state index in [1.54, 1.807) is 6.92 Å². The van der Waals surface area contributed by atoms with E-state index in [9.17, 15) is 27.6 Å². The second kappa shape index (κ2) is 9.20. The number of H-pyrrole nitrogens is 1. The number of nitrogens with zero attached hydrogens (tertiary/aromatic N) is 1. The van der Waals surface area contributed by atoms with Crippen LogP contribution in [0.5, 0.6) is 0 Å². The molecule has 25 heavy (non-hydrogen) atoms. The number of likely N-dealkylation sites (N-methyl/N-ethyl adjacent to an activating group) is 1. The zero-order valence-corrected chi connectivity index (χ0v) is 14.5. The summed E-state index contributed by atoms with van der Waals surface area (Å²) in [7, 11) is 0. The van der Waals surface area contributed by atoms with Crippen LogP contribution in [0.3, 0.4) is 0 Å². The number of carboxylic acids is 2. The molecule has 0 aliphatic heterocycles. The van der Waals surface area contributed by atoms with Crippen LogP contribution in [-0.4, -0.2) is 56.7 Å². The lowest BCUT2D eigenvalue weighted by atomic mass is 10.2. The Balaban J connectivity index is 0.000000697. The number of aliphatic carboxylic acids is 2. The Morgan fingerprint density at radius 1 is 1.28 bits per heavy atom. The van der Waals surface area contributed by atoms with E-state index in [1.807, 2.05) is 0 Å². The molecule has 3 N–H and O–H groups in total. The molecule has 0 spiro atoms. The van der Waals surface area contributed by atoms with Crippen LogP contribution in [0.15, 0.2) is 21.5 Å². The van der Waals surface area contributed by atoms with Gasteiger partial charge < -0.3 is 20.1 Å². The first kappa shape index (κ1) is 22.6. The van der Waals surface area contributed by atoms with Gasteiger partial charge in [-0.2, -0.15) is 13.2 Å². The molecule has 12 heteroatoms. The molecule has 1 rings (SSSR count). The Bertz CT molecular complexity index is 704. The highest BCUT2D eigenvalue weighted by molar-refractivity contribution is 9.10. The third-order valence-corrected chi connectivity index (χ3v) is 3.24. The molecule has 0 aliphatic carbocycles. The predicted octanol–water partition coefficient (Wildman–Crippen LogP) is 1.71. The number of carbonyl (C=O) groups excluding carboxylic acids is 1. The van der Waals surface area contributed by atoms with Gasteiger partial charge in [-0.1, -0.05) is 0 Å². The lowest BCUT2D eigenvalue weighted by Crippen LogP contribution is -2.44. The van der Waals surface area contributed by atoms with E-state index >= 15 is 0 Å². The number of carboxylic acid groups (broad SMARTS) is 2. The Morgan fingerprint density at radius 2 is 1.76 bits per heavy atom. The quantitative estimate of drug-likeness (QED) is 0.623. The molecule has 1 aromatic rings. The highest BCUT2D eigenvalue weighted by Gasteiger charge is 2.38. The molecule has 140 valence electrons. The van der Waals surface area contributed by atoms with Gasteiger partial charge in [0.15, 0.2) is 0 Å². The Kier molecular flexibility index (Phi) is 8.33. The minimum absolute atomic E-state index is 0.0758. The monoisotopic (exact) mass is 430 g/mol. The van der Waals surface area contributed by atoms with Crippen molar-refractivity contribution in [2.45, 2.75) is 26.1 Å². The SMILES string of the molecule is CCN(C(=O)c1ccc(Br)[nH]c1=O)C(C)C(=O)O.O=C(O)C(F)(F)F. The maximum absolute atomic E-state index is 12.1. The molecule has 8 nitrogen and oxygen atoms in total. The van der Waals surface area contributed by atoms with E-state index in [1.165, 1.54) is 19.1 Å². The molecule has 0 bridgehead atoms. The largest absolute Gasteiger partial charge is 0.490 e. The molecule has 1 heterocycles. The van der Waals surface area contributed by atoms with E-state index < -0.39 is 35.6 Å². The van der Waals surface area contributed by atoms with Gasteiger partial charge in [-0.25, -0.2) is 9.59 Å². The average molecular weight is 431 g/mol. The number of amides is 1. The van der Waals surface area contributed by atoms with Gasteiger partial charge in [-0.3, -0.25) is 9.59 Å². The summed E-state index contributed by atoms with van der Waals surface area (Å²) in [6, 6.07) is 1.90. The van der Waals surface area contributed by atoms with Crippen molar-refractivity contribution in [2.24, 2.45) is 0 Å². The van der Waals surface area contributed by atoms with Gasteiger partial charge in [0.25, 0.3) is 11.5 Å². The maximum Gasteiger partial charge on any atom is 0.490 e. The number of aromatic amines is 1. The number of hydrogen-bond donors (Lipinski definition) is 3. The second-order valence-electron chi connectivity index (χ2n) is 4.46. The molecule has 1 atom stereocenters. The lowest BCUT2D eigenvalue weighted by Gasteiger charge is -2.24. The van der Waals surface area contributed by atoms with E-state index in [4.69, 9.17) is 15.0 Å². The van der Waals surface area contributed by atoms with Gasteiger partial charge in [-0.05, 0) is 41.9 Å². The Hall–Kier alpha value is -2.37. The van der Waals surface area contributed by atoms with Crippen LogP contribution in [0, 0.1) is 0 Å². The highest BCUT2D eigenvalue weighted by atomic mass is 79.9. The van der Waals surface area contributed by atoms with Gasteiger partial charge in [-0.15, -0.1) is 0 Å². The van der Waals surface area contributed by atoms with Gasteiger partial charge in [0.1, 0.15) is 11.6 Å². The number of rotatable bonds is 4. The number of aromatic nitrogens is 1. The first-order valence-corrected chi connectivity index (χ1v) is 7.34. The summed E-state index contributed by atoms with van der Waals surface area (Å²) in [6.07, 6.45) is -5.08. The molecule has 0 aromatic carbocycles. The number of hydrogen-bond acceptors (Lipinski definition) is 4. The molecule has 0 fully saturated rings. The fourth-order valence-electron chi connectivity index (χ4n) is 1.50. The van der Waals surface area contributed by atoms with Crippen molar-refractivity contribution in [1.29, 1.82) is 0 Å². The minimum atomic E-state index is -5.08. The van der Waals surface area contributed by atoms with Crippen molar-refractivity contribution in [3.05, 3.63) is 32.7 Å². The van der Waals surface area contributed by atoms with Crippen LogP contribution in [0.2, 0.25) is 0 Å². The summed E-state index contributed by atoms with van der Waals surface area (Å²) in [5, 5.41) is 16.0. The lowest BCUT2D eigenvalue weighted by molar-refractivity contribution is -0.192. The van der Waals surface area contributed by atoms with Crippen molar-refractivity contribution in [1.82, 2.24) is 9.88 Å². The summed E-state index contributed by atoms with van der Waals surface area (Å²) in [6.45, 7) is 3.27. The zero-order chi connectivity index (χ0) is 19.9. The molecule has 0 aliphatic rings. The highest BCUT2D eigenvalue weighted by Crippen LogP contribution is 2.13. The number of carbonyl (C=O) groups is 3. The first-order valence-electron chi connectivity index (χ1n) is 6.55. The van der Waals surface area contributed by atoms with Crippen LogP contribution >= 0.6 is 15.9 Å². The van der Waals surface area contributed by atoms with Gasteiger partial charge in [0.05, 0.1) is 4.60 Å². The number of halogens is 4. The zero-order valence-electron chi connectivity index (χ0n) is 12.9. The molecule has 1 amide bonds. The third kappa shape index (κ3) is 6.95. The van der Waals surface area contributed by atoms with E-state index in [0.717, 1.165) is 4.90 Å². The minimum Gasteiger partial charge on any atom is -0.480 e. The average Bonchev–Trinajstić information content (AvgIpc) is 2.47. The summed E-state index contributed by atoms with van der Waals surface area (Å²) >= 11 is 3.08. The predicted molar refractivity (Wildman–Crippen MR) is 82.3 cm³/mol. The second-order valence-corrected chi connectivity index (χ2v) is 5.31. The molecular formula is C13H14BrF3N2O6. The van der Waals surface area contributed by atoms with Crippen LogP contribution < -0.4 is 5.56 Å². The normalized spacial score (nSPS) is 11.8. The summed E-state index contributed by atoms with van der Waals surface area (Å²) in [5.41, 5.74) is -0.626. The van der Waals surface area contributed by atoms with Gasteiger partial charge >= 0.3 is 18.1 Å². The van der Waals surface area contributed by atoms with Gasteiger partial charge in [0.2, 0.25) is 0 Å². The standard InChI is InChI=1S/C11H13BrN2O4.C2HF3O2/c1-3-14(6(2)11(17)18)10(16)7-4-5-8(12)13-9(7)15;3-2(4,5)1(6)7/h4-6H,3H2,1-2H3,(H,13,15)(H,17,18);(H,6,7). The van der Waals surface area contributed by atoms with Crippen LogP contribution in [0.1, 0.15) is 24.2 Å². The van der Waals surface area contributed by atoms with Gasteiger partial charge in [0, 0.05) is 6.54 Å². The molecule has 1 unspecified atom stereocenters. The molecule has 0 radical (unpaired) electrons. The van der Waals surface area contributed by atoms with Crippen LogP contribution in [0.4, 0.5) is 13.2 Å². The molecule has 0 saturated heterocycles. The van der Waals surface area contributed by atoms with E-state index in [0.29, 0.717) is 4.60 Å². The van der Waals surface area contributed by atoms with Crippen molar-refractivity contribution in [3.63, 3.8) is 0 Å². The fraction of sp³-hybridized carbons (Fsp3) is 0.385. The van der Waals surface area contributed by atoms with Crippen molar-refractivity contribution >= 4 is 33.8 Å². The maximum atomic E-state index is 12.1. The summed E-state index contributed by atoms with van der Waals surface area (Å²) in [5.74, 6) is -4.47. The van der Waals surface area contributed by atoms with E-state index in [-0.39, 0.29) is 12.1 Å². The van der Waals surface area contributed by atoms with Crippen LogP contribution in [0.25, 0.3) is 0 Å². The summed E-state index contributed by atoms with van der Waals surface area (Å²) in [4.78, 5) is 47.0. The van der Waals surface area contributed by atoms with Crippen LogP contribution in [-0.2, 0) is 9.59 Å². The summed E-state index contributed by atoms with van der Waals surface area (Å²) < 4.78 is 32.2. The van der Waals surface area contributed by atoms with Crippen molar-refractivity contribution in [3.8, 4) is 0 Å².